The van der Waals surface area contributed by atoms with Gasteiger partial charge < -0.3 is 14.2 Å². The van der Waals surface area contributed by atoms with E-state index in [9.17, 15) is 14.4 Å². The molecule has 1 atom stereocenters. The van der Waals surface area contributed by atoms with Crippen molar-refractivity contribution in [1.29, 1.82) is 0 Å². The molecular weight excluding hydrogens is 685 g/mol. The van der Waals surface area contributed by atoms with Crippen LogP contribution in [-0.2, 0) is 28.6 Å². The number of carbonyl (C=O) groups excluding carboxylic acids is 3. The lowest BCUT2D eigenvalue weighted by Crippen LogP contribution is -2.30. The van der Waals surface area contributed by atoms with Crippen molar-refractivity contribution in [3.05, 3.63) is 36.5 Å². The third-order valence-corrected chi connectivity index (χ3v) is 10.1. The summed E-state index contributed by atoms with van der Waals surface area (Å²) in [4.78, 5) is 37.7. The molecule has 0 aromatic heterocycles. The van der Waals surface area contributed by atoms with E-state index in [4.69, 9.17) is 14.2 Å². The number of unbranched alkanes of at least 4 members (excludes halogenated alkanes) is 25. The third-order valence-electron chi connectivity index (χ3n) is 10.1. The molecule has 0 aliphatic rings. The van der Waals surface area contributed by atoms with Crippen LogP contribution in [0.15, 0.2) is 36.5 Å². The van der Waals surface area contributed by atoms with Crippen LogP contribution in [0.5, 0.6) is 0 Å². The Bertz CT molecular complexity index is 938. The fourth-order valence-electron chi connectivity index (χ4n) is 6.52. The summed E-state index contributed by atoms with van der Waals surface area (Å²) in [5.41, 5.74) is 0. The van der Waals surface area contributed by atoms with E-state index in [1.165, 1.54) is 109 Å². The van der Waals surface area contributed by atoms with Gasteiger partial charge in [-0.2, -0.15) is 0 Å². The first-order chi connectivity index (χ1) is 27.0. The van der Waals surface area contributed by atoms with E-state index in [0.717, 1.165) is 89.9 Å². The molecule has 0 amide bonds. The van der Waals surface area contributed by atoms with Gasteiger partial charge in [0.15, 0.2) is 6.10 Å². The van der Waals surface area contributed by atoms with Crippen LogP contribution < -0.4 is 0 Å². The predicted octanol–water partition coefficient (Wildman–Crippen LogP) is 15.0. The van der Waals surface area contributed by atoms with Crippen LogP contribution in [0.25, 0.3) is 0 Å². The molecule has 0 aliphatic carbocycles. The maximum Gasteiger partial charge on any atom is 0.306 e. The summed E-state index contributed by atoms with van der Waals surface area (Å²) in [5, 5.41) is 0. The van der Waals surface area contributed by atoms with Crippen LogP contribution >= 0.6 is 0 Å². The molecule has 0 spiro atoms. The number of ether oxygens (including phenoxy) is 3. The Morgan fingerprint density at radius 2 is 0.709 bits per heavy atom. The van der Waals surface area contributed by atoms with Crippen LogP contribution in [0.4, 0.5) is 0 Å². The fourth-order valence-corrected chi connectivity index (χ4v) is 6.52. The Morgan fingerprint density at radius 1 is 0.364 bits per heavy atom. The van der Waals surface area contributed by atoms with Crippen molar-refractivity contribution < 1.29 is 28.6 Å². The van der Waals surface area contributed by atoms with Crippen LogP contribution in [0.1, 0.15) is 239 Å². The zero-order chi connectivity index (χ0) is 40.1. The first-order valence-electron chi connectivity index (χ1n) is 23.5. The van der Waals surface area contributed by atoms with Gasteiger partial charge in [0, 0.05) is 19.3 Å². The van der Waals surface area contributed by atoms with E-state index >= 15 is 0 Å². The molecule has 0 radical (unpaired) electrons. The summed E-state index contributed by atoms with van der Waals surface area (Å²) in [7, 11) is 0. The van der Waals surface area contributed by atoms with E-state index in [0.29, 0.717) is 19.3 Å². The number of carbonyl (C=O) groups is 3. The highest BCUT2D eigenvalue weighted by molar-refractivity contribution is 5.71. The topological polar surface area (TPSA) is 78.9 Å². The zero-order valence-corrected chi connectivity index (χ0v) is 36.4. The van der Waals surface area contributed by atoms with Gasteiger partial charge in [0.1, 0.15) is 13.2 Å². The van der Waals surface area contributed by atoms with Gasteiger partial charge in [-0.05, 0) is 64.2 Å². The lowest BCUT2D eigenvalue weighted by Gasteiger charge is -2.18. The Balaban J connectivity index is 4.38. The largest absolute Gasteiger partial charge is 0.462 e. The first kappa shape index (κ1) is 52.6. The molecule has 0 heterocycles. The van der Waals surface area contributed by atoms with Gasteiger partial charge in [0.25, 0.3) is 0 Å². The van der Waals surface area contributed by atoms with Crippen LogP contribution in [0.3, 0.4) is 0 Å². The molecular formula is C49H88O6. The summed E-state index contributed by atoms with van der Waals surface area (Å²) in [6.45, 7) is 6.52. The smallest absolute Gasteiger partial charge is 0.306 e. The molecule has 0 bridgehead atoms. The number of hydrogen-bond donors (Lipinski definition) is 0. The van der Waals surface area contributed by atoms with Gasteiger partial charge in [0.05, 0.1) is 0 Å². The molecule has 0 saturated carbocycles. The summed E-state index contributed by atoms with van der Waals surface area (Å²) < 4.78 is 16.7. The molecule has 0 aromatic rings. The van der Waals surface area contributed by atoms with E-state index in [2.05, 4.69) is 57.2 Å². The van der Waals surface area contributed by atoms with Gasteiger partial charge in [-0.15, -0.1) is 0 Å². The minimum absolute atomic E-state index is 0.0792. The maximum atomic E-state index is 12.7. The van der Waals surface area contributed by atoms with Crippen molar-refractivity contribution in [1.82, 2.24) is 0 Å². The van der Waals surface area contributed by atoms with Gasteiger partial charge >= 0.3 is 17.9 Å². The van der Waals surface area contributed by atoms with Crippen molar-refractivity contribution >= 4 is 17.9 Å². The highest BCUT2D eigenvalue weighted by Crippen LogP contribution is 2.15. The van der Waals surface area contributed by atoms with Gasteiger partial charge in [-0.1, -0.05) is 192 Å². The minimum Gasteiger partial charge on any atom is -0.462 e. The Hall–Kier alpha value is -2.37. The SMILES string of the molecule is CCC/C=C\CCCCCCCC(=O)OCC(COC(=O)CCCCCCC/C=C\C/C=C\CCCC)OC(=O)CCCCCCCCCCCCCCC. The summed E-state index contributed by atoms with van der Waals surface area (Å²) >= 11 is 0. The number of hydrogen-bond acceptors (Lipinski definition) is 6. The van der Waals surface area contributed by atoms with Gasteiger partial charge in [0.2, 0.25) is 0 Å². The van der Waals surface area contributed by atoms with E-state index in [-0.39, 0.29) is 31.1 Å². The monoisotopic (exact) mass is 773 g/mol. The van der Waals surface area contributed by atoms with Crippen molar-refractivity contribution in [2.24, 2.45) is 0 Å². The van der Waals surface area contributed by atoms with Gasteiger partial charge in [-0.3, -0.25) is 14.4 Å². The second kappa shape index (κ2) is 44.3. The standard InChI is InChI=1S/C49H88O6/c1-4-7-10-13-16-19-22-24-26-27-30-33-36-39-42-48(51)54-45-46(44-53-47(50)41-38-35-32-29-21-18-15-12-9-6-3)55-49(52)43-40-37-34-31-28-25-23-20-17-14-11-8-5-2/h12-13,15-16,22,24,46H,4-11,14,17-21,23,25-45H2,1-3H3/b15-12-,16-13-,24-22-. The first-order valence-corrected chi connectivity index (χ1v) is 23.5. The molecule has 6 heteroatoms. The molecule has 0 aliphatic heterocycles. The predicted molar refractivity (Wildman–Crippen MR) is 233 cm³/mol. The van der Waals surface area contributed by atoms with Gasteiger partial charge in [-0.25, -0.2) is 0 Å². The highest BCUT2D eigenvalue weighted by Gasteiger charge is 2.19. The lowest BCUT2D eigenvalue weighted by atomic mass is 10.0. The fraction of sp³-hybridized carbons (Fsp3) is 0.816. The lowest BCUT2D eigenvalue weighted by molar-refractivity contribution is -0.167. The Labute approximate surface area is 340 Å². The van der Waals surface area contributed by atoms with E-state index in [1.54, 1.807) is 0 Å². The molecule has 0 N–H and O–H groups in total. The normalized spacial score (nSPS) is 12.3. The Kier molecular flexibility index (Phi) is 42.4. The second-order valence-corrected chi connectivity index (χ2v) is 15.7. The average molecular weight is 773 g/mol. The average Bonchev–Trinajstić information content (AvgIpc) is 3.18. The summed E-state index contributed by atoms with van der Waals surface area (Å²) in [5.74, 6) is -0.899. The molecule has 0 saturated heterocycles. The van der Waals surface area contributed by atoms with Crippen LogP contribution in [-0.4, -0.2) is 37.2 Å². The molecule has 6 nitrogen and oxygen atoms in total. The van der Waals surface area contributed by atoms with Crippen molar-refractivity contribution in [3.8, 4) is 0 Å². The highest BCUT2D eigenvalue weighted by atomic mass is 16.6. The van der Waals surface area contributed by atoms with Crippen molar-refractivity contribution in [2.45, 2.75) is 245 Å². The zero-order valence-electron chi connectivity index (χ0n) is 36.4. The molecule has 55 heavy (non-hydrogen) atoms. The Morgan fingerprint density at radius 3 is 1.15 bits per heavy atom. The van der Waals surface area contributed by atoms with Crippen molar-refractivity contribution in [2.75, 3.05) is 13.2 Å². The van der Waals surface area contributed by atoms with Crippen molar-refractivity contribution in [3.63, 3.8) is 0 Å². The van der Waals surface area contributed by atoms with E-state index in [1.807, 2.05) is 0 Å². The van der Waals surface area contributed by atoms with E-state index < -0.39 is 6.10 Å². The number of allylic oxidation sites excluding steroid dienone is 6. The minimum atomic E-state index is -0.775. The second-order valence-electron chi connectivity index (χ2n) is 15.7. The molecule has 320 valence electrons. The van der Waals surface area contributed by atoms with Crippen LogP contribution in [0, 0.1) is 0 Å². The molecule has 0 fully saturated rings. The maximum absolute atomic E-state index is 12.7. The number of esters is 3. The summed E-state index contributed by atoms with van der Waals surface area (Å²) in [6, 6.07) is 0. The molecule has 0 aromatic carbocycles. The summed E-state index contributed by atoms with van der Waals surface area (Å²) in [6.07, 6.45) is 49.8. The molecule has 1 unspecified atom stereocenters. The quantitative estimate of drug-likeness (QED) is 0.0266. The van der Waals surface area contributed by atoms with Crippen LogP contribution in [0.2, 0.25) is 0 Å². The molecule has 0 rings (SSSR count). The number of rotatable bonds is 42. The third kappa shape index (κ3) is 42.6.